The van der Waals surface area contributed by atoms with Gasteiger partial charge in [-0.25, -0.2) is 13.2 Å². The van der Waals surface area contributed by atoms with Gasteiger partial charge in [-0.15, -0.1) is 0 Å². The van der Waals surface area contributed by atoms with Crippen LogP contribution in [0.25, 0.3) is 0 Å². The number of hydrogen-bond donors (Lipinski definition) is 1. The van der Waals surface area contributed by atoms with Gasteiger partial charge >= 0.3 is 0 Å². The van der Waals surface area contributed by atoms with Gasteiger partial charge in [-0.3, -0.25) is 0 Å². The van der Waals surface area contributed by atoms with Crippen molar-refractivity contribution in [3.05, 3.63) is 29.6 Å². The Hall–Kier alpha value is -1.19. The molecule has 0 atom stereocenters. The van der Waals surface area contributed by atoms with Crippen LogP contribution in [0.2, 0.25) is 0 Å². The van der Waals surface area contributed by atoms with Gasteiger partial charge in [0.2, 0.25) is 0 Å². The molecule has 1 fully saturated rings. The lowest BCUT2D eigenvalue weighted by Crippen LogP contribution is -2.05. The van der Waals surface area contributed by atoms with E-state index in [1.807, 2.05) is 0 Å². The van der Waals surface area contributed by atoms with Crippen LogP contribution in [0.15, 0.2) is 12.1 Å². The van der Waals surface area contributed by atoms with E-state index in [9.17, 15) is 13.2 Å². The summed E-state index contributed by atoms with van der Waals surface area (Å²) in [6.45, 7) is 0. The largest absolute Gasteiger partial charge is 0.378 e. The van der Waals surface area contributed by atoms with Crippen molar-refractivity contribution in [3.8, 4) is 0 Å². The molecule has 1 nitrogen and oxygen atoms in total. The smallest absolute Gasteiger partial charge is 0.152 e. The van der Waals surface area contributed by atoms with Crippen LogP contribution < -0.4 is 5.32 Å². The molecule has 0 bridgehead atoms. The van der Waals surface area contributed by atoms with Crippen LogP contribution >= 0.6 is 0 Å². The van der Waals surface area contributed by atoms with Crippen molar-refractivity contribution in [2.75, 3.05) is 5.32 Å². The molecule has 0 amide bonds. The number of hydrogen-bond acceptors (Lipinski definition) is 1. The molecular weight excluding hydrogens is 179 g/mol. The van der Waals surface area contributed by atoms with E-state index in [4.69, 9.17) is 0 Å². The second-order valence-corrected chi connectivity index (χ2v) is 3.16. The van der Waals surface area contributed by atoms with Gasteiger partial charge in [0, 0.05) is 18.2 Å². The monoisotopic (exact) mass is 187 g/mol. The summed E-state index contributed by atoms with van der Waals surface area (Å²) in [5.41, 5.74) is -0.219. The normalized spacial score (nSPS) is 15.9. The molecule has 4 heteroatoms. The number of halogens is 3. The Morgan fingerprint density at radius 1 is 1.08 bits per heavy atom. The molecule has 0 heterocycles. The molecule has 1 N–H and O–H groups in total. The summed E-state index contributed by atoms with van der Waals surface area (Å²) in [5, 5.41) is 2.66. The van der Waals surface area contributed by atoms with Crippen LogP contribution in [0.1, 0.15) is 12.8 Å². The molecule has 2 rings (SSSR count). The van der Waals surface area contributed by atoms with Crippen LogP contribution in [0, 0.1) is 17.5 Å². The van der Waals surface area contributed by atoms with Crippen molar-refractivity contribution in [2.45, 2.75) is 18.9 Å². The molecule has 13 heavy (non-hydrogen) atoms. The fourth-order valence-electron chi connectivity index (χ4n) is 1.11. The quantitative estimate of drug-likeness (QED) is 0.750. The zero-order chi connectivity index (χ0) is 9.42. The van der Waals surface area contributed by atoms with Gasteiger partial charge in [-0.05, 0) is 12.8 Å². The van der Waals surface area contributed by atoms with Gasteiger partial charge in [0.1, 0.15) is 11.5 Å². The second-order valence-electron chi connectivity index (χ2n) is 3.16. The highest BCUT2D eigenvalue weighted by atomic mass is 19.1. The highest BCUT2D eigenvalue weighted by molar-refractivity contribution is 5.48. The number of nitrogens with one attached hydrogen (secondary N) is 1. The fraction of sp³-hybridized carbons (Fsp3) is 0.333. The summed E-state index contributed by atoms with van der Waals surface area (Å²) in [6, 6.07) is 1.50. The van der Waals surface area contributed by atoms with E-state index in [1.54, 1.807) is 0 Å². The maximum absolute atomic E-state index is 13.0. The Labute approximate surface area is 73.6 Å². The van der Waals surface area contributed by atoms with Crippen LogP contribution in [0.3, 0.4) is 0 Å². The van der Waals surface area contributed by atoms with E-state index >= 15 is 0 Å². The first-order valence-corrected chi connectivity index (χ1v) is 4.08. The molecule has 0 spiro atoms. The first kappa shape index (κ1) is 8.41. The van der Waals surface area contributed by atoms with Gasteiger partial charge in [-0.1, -0.05) is 0 Å². The topological polar surface area (TPSA) is 12.0 Å². The van der Waals surface area contributed by atoms with Crippen molar-refractivity contribution >= 4 is 5.69 Å². The Balaban J connectivity index is 2.31. The SMILES string of the molecule is Fc1cc(F)c(NC2CC2)c(F)c1. The molecule has 70 valence electrons. The molecule has 0 aromatic heterocycles. The van der Waals surface area contributed by atoms with Crippen LogP contribution in [0.4, 0.5) is 18.9 Å². The minimum absolute atomic E-state index is 0.148. The zero-order valence-electron chi connectivity index (χ0n) is 6.78. The van der Waals surface area contributed by atoms with Gasteiger partial charge in [-0.2, -0.15) is 0 Å². The van der Waals surface area contributed by atoms with Crippen molar-refractivity contribution in [1.82, 2.24) is 0 Å². The average molecular weight is 187 g/mol. The van der Waals surface area contributed by atoms with Gasteiger partial charge in [0.15, 0.2) is 11.6 Å². The summed E-state index contributed by atoms with van der Waals surface area (Å²) in [7, 11) is 0. The van der Waals surface area contributed by atoms with Gasteiger partial charge in [0.05, 0.1) is 0 Å². The Morgan fingerprint density at radius 3 is 2.08 bits per heavy atom. The number of anilines is 1. The molecule has 1 aromatic carbocycles. The van der Waals surface area contributed by atoms with Gasteiger partial charge < -0.3 is 5.32 Å². The van der Waals surface area contributed by atoms with E-state index in [1.165, 1.54) is 0 Å². The third-order valence-corrected chi connectivity index (χ3v) is 1.93. The summed E-state index contributed by atoms with van der Waals surface area (Å²) < 4.78 is 38.4. The molecule has 1 aliphatic carbocycles. The fourth-order valence-corrected chi connectivity index (χ4v) is 1.11. The standard InChI is InChI=1S/C9H8F3N/c10-5-3-7(11)9(8(12)4-5)13-6-1-2-6/h3-4,6,13H,1-2H2. The van der Waals surface area contributed by atoms with Crippen molar-refractivity contribution in [1.29, 1.82) is 0 Å². The highest BCUT2D eigenvalue weighted by Crippen LogP contribution is 2.28. The molecule has 0 saturated heterocycles. The van der Waals surface area contributed by atoms with E-state index in [0.717, 1.165) is 12.8 Å². The summed E-state index contributed by atoms with van der Waals surface area (Å²) in [5.74, 6) is -2.63. The predicted octanol–water partition coefficient (Wildman–Crippen LogP) is 2.68. The van der Waals surface area contributed by atoms with E-state index in [2.05, 4.69) is 5.32 Å². The maximum atomic E-state index is 13.0. The molecule has 0 radical (unpaired) electrons. The number of benzene rings is 1. The predicted molar refractivity (Wildman–Crippen MR) is 43.0 cm³/mol. The minimum Gasteiger partial charge on any atom is -0.378 e. The summed E-state index contributed by atoms with van der Waals surface area (Å²) >= 11 is 0. The lowest BCUT2D eigenvalue weighted by atomic mass is 10.2. The van der Waals surface area contributed by atoms with Crippen LogP contribution in [0.5, 0.6) is 0 Å². The lowest BCUT2D eigenvalue weighted by Gasteiger charge is -2.06. The first-order valence-electron chi connectivity index (χ1n) is 4.08. The third-order valence-electron chi connectivity index (χ3n) is 1.93. The van der Waals surface area contributed by atoms with Crippen molar-refractivity contribution in [3.63, 3.8) is 0 Å². The average Bonchev–Trinajstić information content (AvgIpc) is 2.79. The molecule has 1 saturated carbocycles. The Bertz CT molecular complexity index is 311. The highest BCUT2D eigenvalue weighted by Gasteiger charge is 2.24. The van der Waals surface area contributed by atoms with Gasteiger partial charge in [0.25, 0.3) is 0 Å². The minimum atomic E-state index is -0.892. The summed E-state index contributed by atoms with van der Waals surface area (Å²) in [6.07, 6.45) is 1.83. The van der Waals surface area contributed by atoms with Crippen molar-refractivity contribution in [2.24, 2.45) is 0 Å². The number of rotatable bonds is 2. The zero-order valence-corrected chi connectivity index (χ0v) is 6.78. The summed E-state index contributed by atoms with van der Waals surface area (Å²) in [4.78, 5) is 0. The third kappa shape index (κ3) is 1.76. The van der Waals surface area contributed by atoms with E-state index in [-0.39, 0.29) is 11.7 Å². The molecule has 0 aliphatic heterocycles. The molecule has 1 aromatic rings. The molecular formula is C9H8F3N. The van der Waals surface area contributed by atoms with Crippen LogP contribution in [-0.2, 0) is 0 Å². The Kier molecular flexibility index (Phi) is 1.90. The van der Waals surface area contributed by atoms with E-state index in [0.29, 0.717) is 12.1 Å². The first-order chi connectivity index (χ1) is 6.16. The molecule has 1 aliphatic rings. The van der Waals surface area contributed by atoms with Crippen LogP contribution in [-0.4, -0.2) is 6.04 Å². The van der Waals surface area contributed by atoms with Crippen molar-refractivity contribution < 1.29 is 13.2 Å². The molecule has 0 unspecified atom stereocenters. The maximum Gasteiger partial charge on any atom is 0.152 e. The second kappa shape index (κ2) is 2.94. The lowest BCUT2D eigenvalue weighted by molar-refractivity contribution is 0.547. The Morgan fingerprint density at radius 2 is 1.62 bits per heavy atom. The van der Waals surface area contributed by atoms with E-state index < -0.39 is 17.5 Å².